The van der Waals surface area contributed by atoms with Crippen LogP contribution in [0.4, 0.5) is 11.4 Å². The number of pyridine rings is 1. The second-order valence-corrected chi connectivity index (χ2v) is 5.42. The van der Waals surface area contributed by atoms with E-state index in [0.29, 0.717) is 0 Å². The van der Waals surface area contributed by atoms with Crippen molar-refractivity contribution in [3.05, 3.63) is 67.8 Å². The first-order valence-electron chi connectivity index (χ1n) is 7.13. The second kappa shape index (κ2) is 6.81. The summed E-state index contributed by atoms with van der Waals surface area (Å²) >= 11 is 5.85. The fourth-order valence-electron chi connectivity index (χ4n) is 2.28. The minimum Gasteiger partial charge on any atom is -0.493 e. The number of nitro benzene ring substituents is 1. The summed E-state index contributed by atoms with van der Waals surface area (Å²) in [6.45, 7) is 0. The molecule has 0 aliphatic heterocycles. The topological polar surface area (TPSA) is 125 Å². The first-order valence-corrected chi connectivity index (χ1v) is 7.50. The molecule has 0 atom stereocenters. The highest BCUT2D eigenvalue weighted by molar-refractivity contribution is 6.33. The molecule has 132 valence electrons. The largest absolute Gasteiger partial charge is 0.493 e. The highest BCUT2D eigenvalue weighted by Gasteiger charge is 2.18. The van der Waals surface area contributed by atoms with Crippen molar-refractivity contribution in [2.45, 2.75) is 0 Å². The van der Waals surface area contributed by atoms with Gasteiger partial charge in [-0.05, 0) is 18.2 Å². The highest BCUT2D eigenvalue weighted by Crippen LogP contribution is 2.31. The van der Waals surface area contributed by atoms with Gasteiger partial charge in [-0.3, -0.25) is 14.9 Å². The molecular formula is C16H10ClN3O6. The first kappa shape index (κ1) is 17.4. The van der Waals surface area contributed by atoms with Crippen LogP contribution >= 0.6 is 11.6 Å². The number of rotatable bonds is 4. The number of nitrogens with zero attached hydrogens (tertiary/aromatic N) is 2. The normalized spacial score (nSPS) is 10.5. The zero-order valence-corrected chi connectivity index (χ0v) is 13.9. The molecule has 0 aliphatic carbocycles. The highest BCUT2D eigenvalue weighted by atomic mass is 35.5. The number of carbonyl (C=O) groups is 1. The lowest BCUT2D eigenvalue weighted by Crippen LogP contribution is -2.18. The molecule has 0 spiro atoms. The molecule has 0 bridgehead atoms. The molecule has 0 aliphatic rings. The number of aromatic nitrogens is 1. The van der Waals surface area contributed by atoms with Crippen LogP contribution < -0.4 is 15.7 Å². The molecule has 1 N–H and O–H groups in total. The van der Waals surface area contributed by atoms with Crippen LogP contribution in [0.25, 0.3) is 11.0 Å². The van der Waals surface area contributed by atoms with Gasteiger partial charge in [0, 0.05) is 17.6 Å². The predicted octanol–water partition coefficient (Wildman–Crippen LogP) is 3.01. The van der Waals surface area contributed by atoms with E-state index in [1.54, 1.807) is 0 Å². The quantitative estimate of drug-likeness (QED) is 0.321. The summed E-state index contributed by atoms with van der Waals surface area (Å²) in [5, 5.41) is 13.6. The molecule has 1 amide bonds. The van der Waals surface area contributed by atoms with Crippen molar-refractivity contribution in [3.8, 4) is 5.75 Å². The molecule has 2 heterocycles. The third-order valence-electron chi connectivity index (χ3n) is 3.47. The fourth-order valence-corrected chi connectivity index (χ4v) is 2.48. The van der Waals surface area contributed by atoms with Crippen molar-refractivity contribution in [1.82, 2.24) is 4.98 Å². The lowest BCUT2D eigenvalue weighted by Gasteiger charge is -2.08. The van der Waals surface area contributed by atoms with Gasteiger partial charge in [-0.15, -0.1) is 0 Å². The number of anilines is 1. The molecule has 2 aromatic heterocycles. The van der Waals surface area contributed by atoms with Gasteiger partial charge < -0.3 is 14.5 Å². The molecule has 0 saturated heterocycles. The van der Waals surface area contributed by atoms with Crippen molar-refractivity contribution in [3.63, 3.8) is 0 Å². The van der Waals surface area contributed by atoms with E-state index in [1.165, 1.54) is 37.6 Å². The van der Waals surface area contributed by atoms with Crippen LogP contribution in [0.15, 0.2) is 45.7 Å². The average Bonchev–Trinajstić information content (AvgIpc) is 2.61. The van der Waals surface area contributed by atoms with Crippen LogP contribution in [-0.4, -0.2) is 22.9 Å². The average molecular weight is 376 g/mol. The molecule has 0 fully saturated rings. The number of ether oxygens (including phenoxy) is 1. The van der Waals surface area contributed by atoms with E-state index >= 15 is 0 Å². The van der Waals surface area contributed by atoms with Gasteiger partial charge in [-0.2, -0.15) is 0 Å². The number of nitro groups is 1. The molecule has 10 heteroatoms. The molecule has 0 radical (unpaired) electrons. The smallest absolute Gasteiger partial charge is 0.360 e. The van der Waals surface area contributed by atoms with Gasteiger partial charge in [0.15, 0.2) is 11.3 Å². The number of nitrogens with one attached hydrogen (secondary N) is 1. The summed E-state index contributed by atoms with van der Waals surface area (Å²) in [6, 6.07) is 6.55. The Balaban J connectivity index is 2.08. The van der Waals surface area contributed by atoms with Crippen molar-refractivity contribution in [2.75, 3.05) is 12.4 Å². The predicted molar refractivity (Wildman–Crippen MR) is 92.9 cm³/mol. The molecule has 3 aromatic rings. The summed E-state index contributed by atoms with van der Waals surface area (Å²) < 4.78 is 10.2. The lowest BCUT2D eigenvalue weighted by molar-refractivity contribution is -0.384. The summed E-state index contributed by atoms with van der Waals surface area (Å²) in [5.41, 5.74) is -1.22. The summed E-state index contributed by atoms with van der Waals surface area (Å²) in [6.07, 6.45) is 1.41. The van der Waals surface area contributed by atoms with E-state index in [0.717, 1.165) is 6.07 Å². The van der Waals surface area contributed by atoms with Gasteiger partial charge in [0.2, 0.25) is 0 Å². The third-order valence-corrected chi connectivity index (χ3v) is 3.77. The van der Waals surface area contributed by atoms with Crippen LogP contribution in [0.1, 0.15) is 10.4 Å². The number of methoxy groups -OCH3 is 1. The van der Waals surface area contributed by atoms with Gasteiger partial charge >= 0.3 is 5.63 Å². The zero-order chi connectivity index (χ0) is 18.8. The van der Waals surface area contributed by atoms with Crippen molar-refractivity contribution >= 4 is 39.9 Å². The SMILES string of the molecule is COc1cc([N+](=O)[O-])cc2cc(NC(=O)c3cccnc3Cl)c(=O)oc12. The van der Waals surface area contributed by atoms with Gasteiger partial charge in [0.1, 0.15) is 10.8 Å². The number of carbonyl (C=O) groups excluding carboxylic acids is 1. The maximum atomic E-state index is 12.3. The molecule has 1 aromatic carbocycles. The Morgan fingerprint density at radius 2 is 2.15 bits per heavy atom. The molecule has 3 rings (SSSR count). The Morgan fingerprint density at radius 3 is 2.81 bits per heavy atom. The standard InChI is InChI=1S/C16H10ClN3O6/c1-25-12-7-9(20(23)24)5-8-6-11(16(22)26-13(8)12)19-15(21)10-3-2-4-18-14(10)17/h2-7H,1H3,(H,19,21). The molecule has 0 saturated carbocycles. The van der Waals surface area contributed by atoms with Gasteiger partial charge in [-0.25, -0.2) is 9.78 Å². The third kappa shape index (κ3) is 3.20. The number of hydrogen-bond acceptors (Lipinski definition) is 7. The van der Waals surface area contributed by atoms with Gasteiger partial charge in [0.25, 0.3) is 11.6 Å². The lowest BCUT2D eigenvalue weighted by atomic mass is 10.2. The minimum atomic E-state index is -0.849. The van der Waals surface area contributed by atoms with E-state index < -0.39 is 16.5 Å². The van der Waals surface area contributed by atoms with E-state index in [1.807, 2.05) is 0 Å². The first-order chi connectivity index (χ1) is 12.4. The molecular weight excluding hydrogens is 366 g/mol. The Bertz CT molecular complexity index is 1100. The van der Waals surface area contributed by atoms with Crippen molar-refractivity contribution < 1.29 is 18.9 Å². The fraction of sp³-hybridized carbons (Fsp3) is 0.0625. The van der Waals surface area contributed by atoms with Crippen LogP contribution in [0.2, 0.25) is 5.15 Å². The number of hydrogen-bond donors (Lipinski definition) is 1. The monoisotopic (exact) mass is 375 g/mol. The number of non-ortho nitro benzene ring substituents is 1. The number of benzene rings is 1. The second-order valence-electron chi connectivity index (χ2n) is 5.07. The molecule has 0 unspecified atom stereocenters. The summed E-state index contributed by atoms with van der Waals surface area (Å²) in [7, 11) is 1.29. The Kier molecular flexibility index (Phi) is 4.55. The summed E-state index contributed by atoms with van der Waals surface area (Å²) in [4.78, 5) is 38.6. The molecule has 9 nitrogen and oxygen atoms in total. The van der Waals surface area contributed by atoms with E-state index in [2.05, 4.69) is 10.3 Å². The van der Waals surface area contributed by atoms with Crippen LogP contribution in [-0.2, 0) is 0 Å². The van der Waals surface area contributed by atoms with Crippen LogP contribution in [0.5, 0.6) is 5.75 Å². The van der Waals surface area contributed by atoms with Gasteiger partial charge in [-0.1, -0.05) is 11.6 Å². The number of amides is 1. The van der Waals surface area contributed by atoms with Crippen molar-refractivity contribution in [1.29, 1.82) is 0 Å². The zero-order valence-electron chi connectivity index (χ0n) is 13.2. The van der Waals surface area contributed by atoms with E-state index in [9.17, 15) is 19.7 Å². The minimum absolute atomic E-state index is 0.0273. The van der Waals surface area contributed by atoms with E-state index in [-0.39, 0.29) is 38.8 Å². The Labute approximate surface area is 150 Å². The Hall–Kier alpha value is -3.46. The maximum Gasteiger partial charge on any atom is 0.360 e. The van der Waals surface area contributed by atoms with Crippen LogP contribution in [0.3, 0.4) is 0 Å². The maximum absolute atomic E-state index is 12.3. The number of fused-ring (bicyclic) bond motifs is 1. The summed E-state index contributed by atoms with van der Waals surface area (Å²) in [5.74, 6) is -0.647. The van der Waals surface area contributed by atoms with E-state index in [4.69, 9.17) is 20.8 Å². The van der Waals surface area contributed by atoms with Gasteiger partial charge in [0.05, 0.1) is 23.7 Å². The Morgan fingerprint density at radius 1 is 1.38 bits per heavy atom. The van der Waals surface area contributed by atoms with Crippen molar-refractivity contribution in [2.24, 2.45) is 0 Å². The number of halogens is 1. The van der Waals surface area contributed by atoms with Crippen LogP contribution in [0, 0.1) is 10.1 Å². The molecule has 26 heavy (non-hydrogen) atoms.